The molecule has 2 aliphatic rings. The number of hydrogen-bond acceptors (Lipinski definition) is 2. The number of amides is 2. The molecule has 2 aromatic carbocycles. The largest absolute Gasteiger partial charge is 0.349 e. The second-order valence-corrected chi connectivity index (χ2v) is 10.7. The summed E-state index contributed by atoms with van der Waals surface area (Å²) in [4.78, 5) is 23.8. The molecule has 0 aromatic heterocycles. The minimum atomic E-state index is -0.684. The predicted octanol–water partition coefficient (Wildman–Crippen LogP) is 6.92. The topological polar surface area (TPSA) is 58.2 Å². The van der Waals surface area contributed by atoms with E-state index < -0.39 is 12.3 Å². The molecule has 8 heteroatoms. The molecule has 2 saturated carbocycles. The van der Waals surface area contributed by atoms with Crippen molar-refractivity contribution < 1.29 is 18.4 Å². The predicted molar refractivity (Wildman–Crippen MR) is 138 cm³/mol. The lowest BCUT2D eigenvalue weighted by atomic mass is 9.94. The summed E-state index contributed by atoms with van der Waals surface area (Å²) in [6, 6.07) is 14.7. The minimum absolute atomic E-state index is 0.0696. The Morgan fingerprint density at radius 1 is 0.588 bits per heavy atom. The van der Waals surface area contributed by atoms with Crippen LogP contribution in [0.1, 0.15) is 72.1 Å². The maximum absolute atomic E-state index is 12.9. The van der Waals surface area contributed by atoms with E-state index in [1.807, 2.05) is 24.3 Å². The molecule has 2 fully saturated rings. The van der Waals surface area contributed by atoms with E-state index in [1.165, 1.54) is 0 Å². The highest BCUT2D eigenvalue weighted by Gasteiger charge is 2.23. The van der Waals surface area contributed by atoms with Crippen molar-refractivity contribution in [3.8, 4) is 0 Å². The minimum Gasteiger partial charge on any atom is -0.349 e. The van der Waals surface area contributed by atoms with Crippen molar-refractivity contribution in [2.75, 3.05) is 0 Å². The van der Waals surface area contributed by atoms with E-state index in [0.717, 1.165) is 34.6 Å². The number of alkyl halides is 2. The van der Waals surface area contributed by atoms with Gasteiger partial charge in [-0.25, -0.2) is 8.78 Å². The van der Waals surface area contributed by atoms with Crippen LogP contribution in [0, 0.1) is 0 Å². The zero-order valence-electron chi connectivity index (χ0n) is 18.9. The van der Waals surface area contributed by atoms with Crippen molar-refractivity contribution in [3.05, 3.63) is 68.6 Å². The molecule has 2 amide bonds. The first-order valence-electron chi connectivity index (χ1n) is 11.7. The standard InChI is InChI=1S/2C13H15BrFNO/c2*14-10-3-1-9(2-4-10)13(17)16-12-7-5-11(15)6-8-12/h2*1-4,11-12H,5-8H2,(H,16,17). The van der Waals surface area contributed by atoms with Crippen LogP contribution in [0.2, 0.25) is 0 Å². The molecule has 0 bridgehead atoms. The summed E-state index contributed by atoms with van der Waals surface area (Å²) in [6.07, 6.45) is 3.83. The molecule has 0 saturated heterocycles. The third kappa shape index (κ3) is 8.77. The first kappa shape index (κ1) is 26.8. The summed E-state index contributed by atoms with van der Waals surface area (Å²) in [5, 5.41) is 5.91. The van der Waals surface area contributed by atoms with E-state index in [-0.39, 0.29) is 23.9 Å². The van der Waals surface area contributed by atoms with Gasteiger partial charge in [0.1, 0.15) is 12.3 Å². The second kappa shape index (κ2) is 13.3. The summed E-state index contributed by atoms with van der Waals surface area (Å²) in [5.74, 6) is -0.139. The zero-order chi connectivity index (χ0) is 24.5. The van der Waals surface area contributed by atoms with Gasteiger partial charge in [0.25, 0.3) is 11.8 Å². The molecule has 4 rings (SSSR count). The van der Waals surface area contributed by atoms with Crippen LogP contribution in [-0.2, 0) is 0 Å². The van der Waals surface area contributed by atoms with Crippen LogP contribution in [0.4, 0.5) is 8.78 Å². The Morgan fingerprint density at radius 3 is 1.18 bits per heavy atom. The van der Waals surface area contributed by atoms with Gasteiger partial charge in [0.2, 0.25) is 0 Å². The van der Waals surface area contributed by atoms with Gasteiger partial charge in [-0.3, -0.25) is 9.59 Å². The lowest BCUT2D eigenvalue weighted by Gasteiger charge is -2.25. The Hall–Kier alpha value is -1.80. The fourth-order valence-electron chi connectivity index (χ4n) is 4.13. The van der Waals surface area contributed by atoms with Gasteiger partial charge in [-0.1, -0.05) is 31.9 Å². The fourth-order valence-corrected chi connectivity index (χ4v) is 4.66. The smallest absolute Gasteiger partial charge is 0.251 e. The lowest BCUT2D eigenvalue weighted by molar-refractivity contribution is 0.0908. The molecular weight excluding hydrogens is 570 g/mol. The molecule has 4 nitrogen and oxygen atoms in total. The van der Waals surface area contributed by atoms with Crippen molar-refractivity contribution in [1.29, 1.82) is 0 Å². The number of benzene rings is 2. The molecule has 0 unspecified atom stereocenters. The average Bonchev–Trinajstić information content (AvgIpc) is 2.83. The van der Waals surface area contributed by atoms with Crippen molar-refractivity contribution in [3.63, 3.8) is 0 Å². The van der Waals surface area contributed by atoms with Gasteiger partial charge in [-0.2, -0.15) is 0 Å². The second-order valence-electron chi connectivity index (χ2n) is 8.86. The molecule has 2 aromatic rings. The molecule has 0 spiro atoms. The highest BCUT2D eigenvalue weighted by atomic mass is 79.9. The first-order chi connectivity index (χ1) is 16.3. The van der Waals surface area contributed by atoms with Crippen LogP contribution in [-0.4, -0.2) is 36.2 Å². The van der Waals surface area contributed by atoms with Gasteiger partial charge in [-0.05, 0) is 99.9 Å². The molecule has 0 heterocycles. The third-order valence-corrected chi connectivity index (χ3v) is 7.25. The Bertz CT molecular complexity index is 847. The van der Waals surface area contributed by atoms with Crippen LogP contribution < -0.4 is 10.6 Å². The summed E-state index contributed by atoms with van der Waals surface area (Å²) in [6.45, 7) is 0. The van der Waals surface area contributed by atoms with Crippen LogP contribution in [0.3, 0.4) is 0 Å². The molecular formula is C26H30Br2F2N2O2. The molecule has 184 valence electrons. The van der Waals surface area contributed by atoms with E-state index >= 15 is 0 Å². The molecule has 2 N–H and O–H groups in total. The number of halogens is 4. The summed E-state index contributed by atoms with van der Waals surface area (Å²) < 4.78 is 27.8. The number of carbonyl (C=O) groups excluding carboxylic acids is 2. The molecule has 34 heavy (non-hydrogen) atoms. The summed E-state index contributed by atoms with van der Waals surface area (Å²) in [7, 11) is 0. The van der Waals surface area contributed by atoms with Gasteiger partial charge in [0.05, 0.1) is 0 Å². The average molecular weight is 600 g/mol. The Morgan fingerprint density at radius 2 is 0.882 bits per heavy atom. The monoisotopic (exact) mass is 598 g/mol. The normalized spacial score (nSPS) is 24.4. The van der Waals surface area contributed by atoms with Gasteiger partial charge in [0, 0.05) is 32.2 Å². The van der Waals surface area contributed by atoms with Gasteiger partial charge in [-0.15, -0.1) is 0 Å². The van der Waals surface area contributed by atoms with Crippen molar-refractivity contribution in [2.24, 2.45) is 0 Å². The van der Waals surface area contributed by atoms with Crippen LogP contribution in [0.5, 0.6) is 0 Å². The van der Waals surface area contributed by atoms with E-state index in [2.05, 4.69) is 42.5 Å². The third-order valence-electron chi connectivity index (χ3n) is 6.20. The Kier molecular flexibility index (Phi) is 10.5. The van der Waals surface area contributed by atoms with Crippen LogP contribution >= 0.6 is 31.9 Å². The highest BCUT2D eigenvalue weighted by Crippen LogP contribution is 2.22. The van der Waals surface area contributed by atoms with E-state index in [9.17, 15) is 18.4 Å². The SMILES string of the molecule is O=C(NC1CCC(F)CC1)c1ccc(Br)cc1.O=C(NC1CCC(F)CC1)c1ccc(Br)cc1. The van der Waals surface area contributed by atoms with Gasteiger partial charge < -0.3 is 10.6 Å². The molecule has 0 radical (unpaired) electrons. The van der Waals surface area contributed by atoms with Gasteiger partial charge >= 0.3 is 0 Å². The molecule has 0 atom stereocenters. The quantitative estimate of drug-likeness (QED) is 0.401. The summed E-state index contributed by atoms with van der Waals surface area (Å²) in [5.41, 5.74) is 1.30. The van der Waals surface area contributed by atoms with Crippen LogP contribution in [0.15, 0.2) is 57.5 Å². The fraction of sp³-hybridized carbons (Fsp3) is 0.462. The van der Waals surface area contributed by atoms with Crippen molar-refractivity contribution in [1.82, 2.24) is 10.6 Å². The molecule has 0 aliphatic heterocycles. The van der Waals surface area contributed by atoms with Gasteiger partial charge in [0.15, 0.2) is 0 Å². The zero-order valence-corrected chi connectivity index (χ0v) is 22.1. The van der Waals surface area contributed by atoms with Crippen molar-refractivity contribution >= 4 is 43.7 Å². The van der Waals surface area contributed by atoms with E-state index in [1.54, 1.807) is 24.3 Å². The van der Waals surface area contributed by atoms with Crippen molar-refractivity contribution in [2.45, 2.75) is 75.8 Å². The van der Waals surface area contributed by atoms with Crippen LogP contribution in [0.25, 0.3) is 0 Å². The number of nitrogens with one attached hydrogen (secondary N) is 2. The van der Waals surface area contributed by atoms with E-state index in [0.29, 0.717) is 36.8 Å². The first-order valence-corrected chi connectivity index (χ1v) is 13.3. The summed E-state index contributed by atoms with van der Waals surface area (Å²) >= 11 is 6.65. The Balaban J connectivity index is 0.000000191. The lowest BCUT2D eigenvalue weighted by Crippen LogP contribution is -2.37. The van der Waals surface area contributed by atoms with E-state index in [4.69, 9.17) is 0 Å². The maximum Gasteiger partial charge on any atom is 0.251 e. The number of rotatable bonds is 4. The maximum atomic E-state index is 12.9. The molecule has 2 aliphatic carbocycles. The highest BCUT2D eigenvalue weighted by molar-refractivity contribution is 9.10. The number of hydrogen-bond donors (Lipinski definition) is 2. The number of carbonyl (C=O) groups is 2. The Labute approximate surface area is 216 Å².